The number of benzene rings is 1. The summed E-state index contributed by atoms with van der Waals surface area (Å²) in [5, 5.41) is 6.31. The summed E-state index contributed by atoms with van der Waals surface area (Å²) in [5.41, 5.74) is 1.85. The molecule has 1 aromatic carbocycles. The Kier molecular flexibility index (Phi) is 11.5. The molecule has 8 nitrogen and oxygen atoms in total. The first-order valence-corrected chi connectivity index (χ1v) is 10.2. The van der Waals surface area contributed by atoms with Gasteiger partial charge in [0.2, 0.25) is 5.91 Å². The van der Waals surface area contributed by atoms with Crippen LogP contribution in [0.3, 0.4) is 0 Å². The number of hydrogen-bond acceptors (Lipinski definition) is 4. The molecule has 1 aliphatic heterocycles. The van der Waals surface area contributed by atoms with Crippen LogP contribution in [0, 0.1) is 5.92 Å². The number of ether oxygens (including phenoxy) is 1. The molecule has 0 aliphatic carbocycles. The fourth-order valence-electron chi connectivity index (χ4n) is 3.17. The van der Waals surface area contributed by atoms with Gasteiger partial charge in [0.05, 0.1) is 6.61 Å². The molecule has 2 amide bonds. The Morgan fingerprint density at radius 2 is 1.83 bits per heavy atom. The number of nitrogens with one attached hydrogen (secondary N) is 2. The lowest BCUT2D eigenvalue weighted by molar-refractivity contribution is -0.116. The van der Waals surface area contributed by atoms with Crippen molar-refractivity contribution in [2.45, 2.75) is 33.7 Å². The molecule has 0 unspecified atom stereocenters. The van der Waals surface area contributed by atoms with Crippen molar-refractivity contribution in [3.8, 4) is 0 Å². The highest BCUT2D eigenvalue weighted by molar-refractivity contribution is 14.0. The lowest BCUT2D eigenvalue weighted by Crippen LogP contribution is -2.53. The summed E-state index contributed by atoms with van der Waals surface area (Å²) < 4.78 is 5.06. The molecule has 1 saturated heterocycles. The van der Waals surface area contributed by atoms with E-state index in [-0.39, 0.29) is 36.0 Å². The second kappa shape index (κ2) is 13.3. The van der Waals surface area contributed by atoms with E-state index in [9.17, 15) is 9.59 Å². The molecule has 0 spiro atoms. The molecule has 2 N–H and O–H groups in total. The van der Waals surface area contributed by atoms with Gasteiger partial charge in [-0.1, -0.05) is 26.0 Å². The van der Waals surface area contributed by atoms with Gasteiger partial charge in [0, 0.05) is 51.9 Å². The average molecular weight is 531 g/mol. The van der Waals surface area contributed by atoms with Crippen LogP contribution in [0.1, 0.15) is 32.8 Å². The minimum atomic E-state index is -0.258. The van der Waals surface area contributed by atoms with E-state index in [1.165, 1.54) is 0 Å². The van der Waals surface area contributed by atoms with Gasteiger partial charge >= 0.3 is 6.09 Å². The Bertz CT molecular complexity index is 718. The predicted octanol–water partition coefficient (Wildman–Crippen LogP) is 3.14. The summed E-state index contributed by atoms with van der Waals surface area (Å²) in [6.07, 6.45) is 0.249. The number of piperazine rings is 1. The number of aliphatic imine (C=N–C) groups is 1. The topological polar surface area (TPSA) is 86.3 Å². The van der Waals surface area contributed by atoms with Crippen molar-refractivity contribution in [1.29, 1.82) is 0 Å². The van der Waals surface area contributed by atoms with Gasteiger partial charge in [-0.15, -0.1) is 24.0 Å². The smallest absolute Gasteiger partial charge is 0.409 e. The first-order valence-electron chi connectivity index (χ1n) is 10.2. The molecular weight excluding hydrogens is 497 g/mol. The lowest BCUT2D eigenvalue weighted by Gasteiger charge is -2.35. The molecule has 2 rings (SSSR count). The van der Waals surface area contributed by atoms with Crippen molar-refractivity contribution < 1.29 is 14.3 Å². The van der Waals surface area contributed by atoms with E-state index in [4.69, 9.17) is 4.74 Å². The number of anilines is 1. The van der Waals surface area contributed by atoms with Crippen LogP contribution in [-0.2, 0) is 16.1 Å². The third kappa shape index (κ3) is 8.37. The summed E-state index contributed by atoms with van der Waals surface area (Å²) in [7, 11) is 1.75. The van der Waals surface area contributed by atoms with Crippen molar-refractivity contribution in [3.05, 3.63) is 29.8 Å². The first-order chi connectivity index (χ1) is 13.9. The van der Waals surface area contributed by atoms with Gasteiger partial charge in [-0.3, -0.25) is 9.79 Å². The standard InChI is InChI=1S/C21H33N5O3.HI/c1-5-29-21(28)26-11-9-25(10-12-26)20(22-4)23-15-17-7-6-8-18(14-17)24-19(27)13-16(2)3;/h6-8,14,16H,5,9-13,15H2,1-4H3,(H,22,23)(H,24,27);1H. The highest BCUT2D eigenvalue weighted by Gasteiger charge is 2.23. The predicted molar refractivity (Wildman–Crippen MR) is 130 cm³/mol. The van der Waals surface area contributed by atoms with E-state index in [2.05, 4.69) is 20.5 Å². The number of hydrogen-bond donors (Lipinski definition) is 2. The quantitative estimate of drug-likeness (QED) is 0.335. The average Bonchev–Trinajstić information content (AvgIpc) is 2.68. The van der Waals surface area contributed by atoms with Crippen LogP contribution in [0.2, 0.25) is 0 Å². The van der Waals surface area contributed by atoms with Crippen LogP contribution in [0.15, 0.2) is 29.3 Å². The molecule has 1 aliphatic rings. The monoisotopic (exact) mass is 531 g/mol. The molecule has 0 atom stereocenters. The summed E-state index contributed by atoms with van der Waals surface area (Å²) in [5.74, 6) is 1.15. The SMILES string of the molecule is CCOC(=O)N1CCN(C(=NC)NCc2cccc(NC(=O)CC(C)C)c2)CC1.I. The lowest BCUT2D eigenvalue weighted by atomic mass is 10.1. The van der Waals surface area contributed by atoms with Gasteiger partial charge in [0.1, 0.15) is 0 Å². The van der Waals surface area contributed by atoms with Gasteiger partial charge in [0.25, 0.3) is 0 Å². The number of rotatable bonds is 6. The highest BCUT2D eigenvalue weighted by Crippen LogP contribution is 2.12. The van der Waals surface area contributed by atoms with E-state index in [0.29, 0.717) is 51.7 Å². The number of nitrogens with zero attached hydrogens (tertiary/aromatic N) is 3. The van der Waals surface area contributed by atoms with E-state index in [0.717, 1.165) is 17.2 Å². The Balaban J connectivity index is 0.00000450. The fourth-order valence-corrected chi connectivity index (χ4v) is 3.17. The van der Waals surface area contributed by atoms with Gasteiger partial charge < -0.3 is 25.2 Å². The molecule has 1 heterocycles. The van der Waals surface area contributed by atoms with Gasteiger partial charge in [0.15, 0.2) is 5.96 Å². The van der Waals surface area contributed by atoms with Gasteiger partial charge in [-0.2, -0.15) is 0 Å². The molecule has 0 bridgehead atoms. The maximum absolute atomic E-state index is 12.0. The first kappa shape index (κ1) is 26.0. The van der Waals surface area contributed by atoms with Crippen molar-refractivity contribution in [3.63, 3.8) is 0 Å². The number of halogens is 1. The van der Waals surface area contributed by atoms with Crippen LogP contribution in [0.25, 0.3) is 0 Å². The molecule has 1 fully saturated rings. The van der Waals surface area contributed by atoms with Crippen LogP contribution in [-0.4, -0.2) is 67.6 Å². The summed E-state index contributed by atoms with van der Waals surface area (Å²) in [6, 6.07) is 7.81. The molecule has 0 aromatic heterocycles. The second-order valence-corrected chi connectivity index (χ2v) is 7.42. The van der Waals surface area contributed by atoms with E-state index < -0.39 is 0 Å². The number of amides is 2. The molecule has 0 radical (unpaired) electrons. The number of carbonyl (C=O) groups is 2. The van der Waals surface area contributed by atoms with E-state index in [1.54, 1.807) is 11.9 Å². The maximum Gasteiger partial charge on any atom is 0.409 e. The Hall–Kier alpha value is -2.04. The highest BCUT2D eigenvalue weighted by atomic mass is 127. The fraction of sp³-hybridized carbons (Fsp3) is 0.571. The largest absolute Gasteiger partial charge is 0.450 e. The molecule has 168 valence electrons. The Morgan fingerprint density at radius 3 is 2.43 bits per heavy atom. The number of carbonyl (C=O) groups excluding carboxylic acids is 2. The summed E-state index contributed by atoms with van der Waals surface area (Å²) >= 11 is 0. The van der Waals surface area contributed by atoms with Crippen molar-refractivity contribution >= 4 is 47.6 Å². The maximum atomic E-state index is 12.0. The van der Waals surface area contributed by atoms with Crippen molar-refractivity contribution in [2.24, 2.45) is 10.9 Å². The van der Waals surface area contributed by atoms with E-state index >= 15 is 0 Å². The van der Waals surface area contributed by atoms with Crippen LogP contribution in [0.4, 0.5) is 10.5 Å². The molecular formula is C21H34IN5O3. The number of guanidine groups is 1. The Morgan fingerprint density at radius 1 is 1.17 bits per heavy atom. The van der Waals surface area contributed by atoms with Gasteiger partial charge in [-0.25, -0.2) is 4.79 Å². The summed E-state index contributed by atoms with van der Waals surface area (Å²) in [6.45, 7) is 9.46. The normalized spacial score (nSPS) is 14.2. The van der Waals surface area contributed by atoms with E-state index in [1.807, 2.05) is 45.0 Å². The molecule has 1 aromatic rings. The zero-order valence-electron chi connectivity index (χ0n) is 18.3. The minimum Gasteiger partial charge on any atom is -0.450 e. The third-order valence-electron chi connectivity index (χ3n) is 4.57. The van der Waals surface area contributed by atoms with Gasteiger partial charge in [-0.05, 0) is 30.5 Å². The molecule has 9 heteroatoms. The van der Waals surface area contributed by atoms with Crippen LogP contribution in [0.5, 0.6) is 0 Å². The summed E-state index contributed by atoms with van der Waals surface area (Å²) in [4.78, 5) is 32.0. The molecule has 0 saturated carbocycles. The zero-order chi connectivity index (χ0) is 21.2. The molecule has 30 heavy (non-hydrogen) atoms. The zero-order valence-corrected chi connectivity index (χ0v) is 20.6. The minimum absolute atomic E-state index is 0. The van der Waals surface area contributed by atoms with Crippen LogP contribution < -0.4 is 10.6 Å². The van der Waals surface area contributed by atoms with Crippen LogP contribution >= 0.6 is 24.0 Å². The van der Waals surface area contributed by atoms with Crippen molar-refractivity contribution in [2.75, 3.05) is 45.2 Å². The second-order valence-electron chi connectivity index (χ2n) is 7.42. The Labute approximate surface area is 196 Å². The van der Waals surface area contributed by atoms with Crippen molar-refractivity contribution in [1.82, 2.24) is 15.1 Å². The third-order valence-corrected chi connectivity index (χ3v) is 4.57.